The summed E-state index contributed by atoms with van der Waals surface area (Å²) >= 11 is 0. The van der Waals surface area contributed by atoms with Crippen molar-refractivity contribution in [2.24, 2.45) is 33.8 Å². The summed E-state index contributed by atoms with van der Waals surface area (Å²) in [6.45, 7) is 6.10. The molecule has 0 spiro atoms. The predicted octanol–water partition coefficient (Wildman–Crippen LogP) is -4.97. The number of aliphatic carboxylic acids is 1. The molecule has 476 valence electrons. The minimum absolute atomic E-state index is 0.00147. The number of hydrogen-bond acceptors (Lipinski definition) is 17. The lowest BCUT2D eigenvalue weighted by molar-refractivity contribution is -0.141. The third kappa shape index (κ3) is 25.6. The monoisotopic (exact) mass is 1210 g/mol. The minimum Gasteiger partial charge on any atom is -0.481 e. The first kappa shape index (κ1) is 71.5. The smallest absolute Gasteiger partial charge is 0.305 e. The standard InChI is InChI=1S/C54H86N18O14/c1-6-30(2)44-51(84)65-36(19-15-22-59-54(57)58)47(80)60-26-42(76)64-39(25-43(77)78)50(83)68-45(33(5)73)52(85)66-38(24-34-16-9-7-10-17-34)49(82)62-32(4)53(86)71(29-40(56)74)27-35-28-72(70-69-35)23-14-8-11-20-41(75)63-37(18-12-13-21-55)48(81)61-31(3)46(79)67-44/h7,9-10,16-17,28,30-33,36-39,44-45,73H,6,8,11-15,18-27,29,55H2,1-5H3,(H2,56,74)(H,60,80)(H,61,81)(H,62,82)(H,63,75)(H,64,76)(H,65,84)(H,66,85)(H,67,79)(H,68,83)(H,77,78)(H4,57,58,59)/t30-,31-,32-,33+,36-,37-,38-,39-,44-,45-/m0/s1. The molecule has 1 aromatic heterocycles. The van der Waals surface area contributed by atoms with Crippen molar-refractivity contribution in [3.8, 4) is 0 Å². The van der Waals surface area contributed by atoms with Gasteiger partial charge in [-0.3, -0.25) is 67.2 Å². The lowest BCUT2D eigenvalue weighted by Gasteiger charge is -2.28. The maximum atomic E-state index is 14.1. The molecule has 32 heteroatoms. The first-order valence-electron chi connectivity index (χ1n) is 28.6. The zero-order chi connectivity index (χ0) is 64.0. The number of nitrogens with one attached hydrogen (secondary N) is 9. The van der Waals surface area contributed by atoms with Gasteiger partial charge in [-0.25, -0.2) is 0 Å². The lowest BCUT2D eigenvalue weighted by atomic mass is 9.97. The van der Waals surface area contributed by atoms with E-state index in [9.17, 15) is 67.7 Å². The highest BCUT2D eigenvalue weighted by Gasteiger charge is 2.36. The van der Waals surface area contributed by atoms with Gasteiger partial charge in [0.2, 0.25) is 65.0 Å². The Morgan fingerprint density at radius 3 is 1.94 bits per heavy atom. The van der Waals surface area contributed by atoms with E-state index in [0.29, 0.717) is 57.2 Å². The van der Waals surface area contributed by atoms with Crippen LogP contribution >= 0.6 is 0 Å². The third-order valence-electron chi connectivity index (χ3n) is 13.8. The van der Waals surface area contributed by atoms with Crippen LogP contribution in [0.2, 0.25) is 0 Å². The Morgan fingerprint density at radius 2 is 1.30 bits per heavy atom. The number of aliphatic hydroxyl groups excluding tert-OH is 1. The number of aliphatic imine (C=N–C) groups is 1. The number of rotatable bonds is 17. The normalized spacial score (nSPS) is 23.8. The molecule has 2 bridgehead atoms. The van der Waals surface area contributed by atoms with Crippen LogP contribution < -0.4 is 70.8 Å². The van der Waals surface area contributed by atoms with Gasteiger partial charge in [-0.1, -0.05) is 62.2 Å². The maximum Gasteiger partial charge on any atom is 0.305 e. The molecule has 32 nitrogen and oxygen atoms in total. The number of carbonyl (C=O) groups is 12. The fourth-order valence-corrected chi connectivity index (χ4v) is 8.82. The highest BCUT2D eigenvalue weighted by atomic mass is 16.4. The number of carboxylic acid groups (broad SMARTS) is 1. The van der Waals surface area contributed by atoms with Gasteiger partial charge >= 0.3 is 5.97 Å². The second-order valence-electron chi connectivity index (χ2n) is 21.1. The van der Waals surface area contributed by atoms with Crippen molar-refractivity contribution < 1.29 is 67.7 Å². The van der Waals surface area contributed by atoms with Crippen molar-refractivity contribution in [3.05, 3.63) is 47.8 Å². The van der Waals surface area contributed by atoms with Crippen molar-refractivity contribution >= 4 is 76.9 Å². The molecule has 86 heavy (non-hydrogen) atoms. The predicted molar refractivity (Wildman–Crippen MR) is 309 cm³/mol. The quantitative estimate of drug-likeness (QED) is 0.0401. The molecular formula is C54H86N18O14. The van der Waals surface area contributed by atoms with E-state index in [1.165, 1.54) is 24.7 Å². The van der Waals surface area contributed by atoms with Crippen LogP contribution in [0.4, 0.5) is 0 Å². The number of amides is 11. The number of nitrogens with two attached hydrogens (primary N) is 4. The van der Waals surface area contributed by atoms with E-state index in [4.69, 9.17) is 22.9 Å². The van der Waals surface area contributed by atoms with Gasteiger partial charge < -0.3 is 85.9 Å². The lowest BCUT2D eigenvalue weighted by Crippen LogP contribution is -2.61. The first-order valence-corrected chi connectivity index (χ1v) is 28.6. The topological polar surface area (TPSA) is 504 Å². The van der Waals surface area contributed by atoms with E-state index in [-0.39, 0.29) is 56.8 Å². The molecule has 1 aliphatic heterocycles. The Labute approximate surface area is 498 Å². The zero-order valence-electron chi connectivity index (χ0n) is 49.3. The maximum absolute atomic E-state index is 14.1. The highest BCUT2D eigenvalue weighted by molar-refractivity contribution is 5.99. The van der Waals surface area contributed by atoms with Crippen LogP contribution in [0.25, 0.3) is 0 Å². The molecule has 2 aromatic rings. The van der Waals surface area contributed by atoms with E-state index in [1.54, 1.807) is 44.2 Å². The van der Waals surface area contributed by atoms with Crippen molar-refractivity contribution in [1.82, 2.24) is 67.7 Å². The van der Waals surface area contributed by atoms with Crippen molar-refractivity contribution in [3.63, 3.8) is 0 Å². The van der Waals surface area contributed by atoms with Crippen molar-refractivity contribution in [2.75, 3.05) is 26.2 Å². The number of guanidine groups is 1. The average molecular weight is 1210 g/mol. The molecular weight excluding hydrogens is 1120 g/mol. The average Bonchev–Trinajstić information content (AvgIpc) is 3.17. The molecule has 10 atom stereocenters. The summed E-state index contributed by atoms with van der Waals surface area (Å²) in [5.74, 6) is -12.2. The van der Waals surface area contributed by atoms with Gasteiger partial charge in [0.05, 0.1) is 38.4 Å². The molecule has 2 heterocycles. The summed E-state index contributed by atoms with van der Waals surface area (Å²) < 4.78 is 1.49. The largest absolute Gasteiger partial charge is 0.481 e. The molecule has 0 saturated heterocycles. The highest BCUT2D eigenvalue weighted by Crippen LogP contribution is 2.13. The van der Waals surface area contributed by atoms with Crippen molar-refractivity contribution in [1.29, 1.82) is 0 Å². The second-order valence-corrected chi connectivity index (χ2v) is 21.1. The van der Waals surface area contributed by atoms with Crippen LogP contribution in [-0.4, -0.2) is 188 Å². The minimum atomic E-state index is -1.94. The van der Waals surface area contributed by atoms with E-state index in [0.717, 1.165) is 11.8 Å². The molecule has 0 saturated carbocycles. The fourth-order valence-electron chi connectivity index (χ4n) is 8.82. The Balaban J connectivity index is 2.03. The number of unbranched alkanes of at least 4 members (excludes halogenated alkanes) is 1. The van der Waals surface area contributed by atoms with Crippen LogP contribution in [0, 0.1) is 5.92 Å². The number of aliphatic hydroxyl groups is 1. The van der Waals surface area contributed by atoms with Crippen molar-refractivity contribution in [2.45, 2.75) is 179 Å². The molecule has 3 rings (SSSR count). The SMILES string of the molecule is CC[C@H](C)[C@@H]1NC(=O)[C@H](C)NC(=O)[C@H](CCCCN)NC(=O)CCCCCn2cc(nn2)CN(CC(N)=O)C(=O)[C@H](C)NC(=O)[C@H](Cc2ccccc2)NC(=O)[C@H]([C@@H](C)O)NC(=O)[C@H](CC(=O)O)NC(=O)CNC(=O)[C@H](CCCN=C(N)N)NC1=O. The molecule has 1 aromatic carbocycles. The number of aryl methyl sites for hydroxylation is 1. The summed E-state index contributed by atoms with van der Waals surface area (Å²) in [6, 6.07) is -3.42. The summed E-state index contributed by atoms with van der Waals surface area (Å²) in [6.07, 6.45) is 1.56. The van der Waals surface area contributed by atoms with Crippen LogP contribution in [0.3, 0.4) is 0 Å². The fraction of sp³-hybridized carbons (Fsp3) is 0.611. The Bertz CT molecular complexity index is 2670. The third-order valence-corrected chi connectivity index (χ3v) is 13.8. The second kappa shape index (κ2) is 36.8. The number of carbonyl (C=O) groups excluding carboxylic acids is 11. The van der Waals surface area contributed by atoms with Gasteiger partial charge in [0.15, 0.2) is 5.96 Å². The Hall–Kier alpha value is -8.81. The van der Waals surface area contributed by atoms with Crippen LogP contribution in [-0.2, 0) is 77.0 Å². The van der Waals surface area contributed by atoms with E-state index in [2.05, 4.69) is 63.2 Å². The molecule has 0 aliphatic carbocycles. The van der Waals surface area contributed by atoms with E-state index in [1.807, 2.05) is 0 Å². The molecule has 1 aliphatic rings. The summed E-state index contributed by atoms with van der Waals surface area (Å²) in [7, 11) is 0. The molecule has 19 N–H and O–H groups in total. The number of fused-ring (bicyclic) bond motifs is 2. The number of carboxylic acids is 1. The van der Waals surface area contributed by atoms with Gasteiger partial charge in [-0.2, -0.15) is 0 Å². The van der Waals surface area contributed by atoms with Crippen LogP contribution in [0.5, 0.6) is 0 Å². The molecule has 0 radical (unpaired) electrons. The number of aromatic nitrogens is 3. The first-order chi connectivity index (χ1) is 40.7. The van der Waals surface area contributed by atoms with Gasteiger partial charge in [-0.15, -0.1) is 5.10 Å². The van der Waals surface area contributed by atoms with Crippen LogP contribution in [0.15, 0.2) is 41.5 Å². The summed E-state index contributed by atoms with van der Waals surface area (Å²) in [5.41, 5.74) is 23.0. The van der Waals surface area contributed by atoms with E-state index < -0.39 is 151 Å². The molecule has 0 fully saturated rings. The van der Waals surface area contributed by atoms with Gasteiger partial charge in [0.1, 0.15) is 54.0 Å². The molecule has 0 unspecified atom stereocenters. The van der Waals surface area contributed by atoms with E-state index >= 15 is 0 Å². The molecule has 11 amide bonds. The number of hydrogen-bond donors (Lipinski definition) is 15. The van der Waals surface area contributed by atoms with Crippen LogP contribution in [0.1, 0.15) is 117 Å². The number of nitrogens with zero attached hydrogens (tertiary/aromatic N) is 5. The Kier molecular flexibility index (Phi) is 30.6. The number of primary amides is 1. The van der Waals surface area contributed by atoms with Gasteiger partial charge in [-0.05, 0) is 83.7 Å². The zero-order valence-corrected chi connectivity index (χ0v) is 49.3. The van der Waals surface area contributed by atoms with Gasteiger partial charge in [0, 0.05) is 25.9 Å². The Morgan fingerprint density at radius 1 is 0.698 bits per heavy atom. The summed E-state index contributed by atoms with van der Waals surface area (Å²) in [4.78, 5) is 167. The summed E-state index contributed by atoms with van der Waals surface area (Å²) in [5, 5.41) is 51.2. The van der Waals surface area contributed by atoms with Gasteiger partial charge in [0.25, 0.3) is 0 Å². The number of benzene rings is 1.